The second-order valence-electron chi connectivity index (χ2n) is 8.76. The number of rotatable bonds is 8. The second kappa shape index (κ2) is 10.3. The summed E-state index contributed by atoms with van der Waals surface area (Å²) in [6, 6.07) is 11.1. The average Bonchev–Trinajstić information content (AvgIpc) is 2.76. The Hall–Kier alpha value is -2.73. The van der Waals surface area contributed by atoms with Gasteiger partial charge in [0.25, 0.3) is 5.91 Å². The minimum absolute atomic E-state index is 0.0826. The number of hydrogen-bond donors (Lipinski definition) is 1. The molecule has 1 heterocycles. The van der Waals surface area contributed by atoms with Crippen LogP contribution in [0.15, 0.2) is 41.5 Å². The lowest BCUT2D eigenvalue weighted by atomic mass is 9.79. The third-order valence-electron chi connectivity index (χ3n) is 5.77. The molecule has 172 valence electrons. The summed E-state index contributed by atoms with van der Waals surface area (Å²) in [5, 5.41) is 4.69. The lowest BCUT2D eigenvalue weighted by Crippen LogP contribution is -2.48. The Balaban J connectivity index is 1.65. The van der Waals surface area contributed by atoms with Crippen LogP contribution in [0.2, 0.25) is 5.02 Å². The summed E-state index contributed by atoms with van der Waals surface area (Å²) in [6.45, 7) is 9.86. The predicted octanol–water partition coefficient (Wildman–Crippen LogP) is 5.38. The number of fused-ring (bicyclic) bond motifs is 1. The van der Waals surface area contributed by atoms with Crippen molar-refractivity contribution in [3.05, 3.63) is 52.5 Å². The fraction of sp³-hybridized carbons (Fsp3) is 0.440. The first-order chi connectivity index (χ1) is 15.2. The number of anilines is 1. The number of hydrazone groups is 1. The first kappa shape index (κ1) is 23.9. The van der Waals surface area contributed by atoms with Gasteiger partial charge in [-0.05, 0) is 74.6 Å². The monoisotopic (exact) mass is 457 g/mol. The van der Waals surface area contributed by atoms with E-state index in [1.807, 2.05) is 6.07 Å². The van der Waals surface area contributed by atoms with Gasteiger partial charge in [0, 0.05) is 23.3 Å². The highest BCUT2D eigenvalue weighted by Crippen LogP contribution is 2.45. The van der Waals surface area contributed by atoms with Gasteiger partial charge in [0.2, 0.25) is 0 Å². The van der Waals surface area contributed by atoms with Gasteiger partial charge in [0.05, 0.1) is 18.3 Å². The second-order valence-corrected chi connectivity index (χ2v) is 9.17. The number of amides is 1. The summed E-state index contributed by atoms with van der Waals surface area (Å²) in [4.78, 5) is 14.5. The highest BCUT2D eigenvalue weighted by Gasteiger charge is 2.36. The minimum atomic E-state index is -0.351. The Morgan fingerprint density at radius 1 is 1.28 bits per heavy atom. The fourth-order valence-electron chi connectivity index (χ4n) is 4.29. The van der Waals surface area contributed by atoms with E-state index in [0.717, 1.165) is 30.7 Å². The van der Waals surface area contributed by atoms with Crippen LogP contribution in [0.3, 0.4) is 0 Å². The maximum absolute atomic E-state index is 12.1. The maximum atomic E-state index is 12.1. The van der Waals surface area contributed by atoms with Gasteiger partial charge in [-0.25, -0.2) is 5.43 Å². The molecule has 0 aliphatic carbocycles. The number of hydrogen-bond acceptors (Lipinski definition) is 5. The molecule has 0 saturated heterocycles. The molecule has 1 atom stereocenters. The van der Waals surface area contributed by atoms with E-state index in [4.69, 9.17) is 21.1 Å². The van der Waals surface area contributed by atoms with Crippen molar-refractivity contribution in [3.8, 4) is 11.5 Å². The number of halogens is 1. The number of carbonyl (C=O) groups is 1. The van der Waals surface area contributed by atoms with Crippen LogP contribution in [0.4, 0.5) is 5.69 Å². The van der Waals surface area contributed by atoms with Gasteiger partial charge in [-0.1, -0.05) is 25.4 Å². The summed E-state index contributed by atoms with van der Waals surface area (Å²) in [5.74, 6) is 1.36. The first-order valence-corrected chi connectivity index (χ1v) is 11.3. The zero-order valence-corrected chi connectivity index (χ0v) is 20.2. The van der Waals surface area contributed by atoms with Gasteiger partial charge < -0.3 is 14.4 Å². The molecule has 7 heteroatoms. The molecule has 1 aliphatic rings. The van der Waals surface area contributed by atoms with Crippen molar-refractivity contribution in [1.29, 1.82) is 0 Å². The quantitative estimate of drug-likeness (QED) is 0.427. The number of ether oxygens (including phenoxy) is 2. The van der Waals surface area contributed by atoms with Crippen LogP contribution in [0.25, 0.3) is 0 Å². The Kier molecular flexibility index (Phi) is 7.67. The van der Waals surface area contributed by atoms with Crippen molar-refractivity contribution >= 4 is 29.4 Å². The molecule has 2 aromatic carbocycles. The molecule has 1 unspecified atom stereocenters. The van der Waals surface area contributed by atoms with Gasteiger partial charge in [-0.2, -0.15) is 5.10 Å². The van der Waals surface area contributed by atoms with Gasteiger partial charge >= 0.3 is 0 Å². The van der Waals surface area contributed by atoms with E-state index in [-0.39, 0.29) is 18.1 Å². The van der Waals surface area contributed by atoms with E-state index in [2.05, 4.69) is 49.2 Å². The van der Waals surface area contributed by atoms with Crippen molar-refractivity contribution in [1.82, 2.24) is 5.43 Å². The van der Waals surface area contributed by atoms with E-state index < -0.39 is 0 Å². The van der Waals surface area contributed by atoms with Gasteiger partial charge in [-0.3, -0.25) is 4.79 Å². The smallest absolute Gasteiger partial charge is 0.277 e. The Bertz CT molecular complexity index is 973. The highest BCUT2D eigenvalue weighted by atomic mass is 35.5. The zero-order valence-electron chi connectivity index (χ0n) is 19.4. The van der Waals surface area contributed by atoms with E-state index in [9.17, 15) is 4.79 Å². The predicted molar refractivity (Wildman–Crippen MR) is 130 cm³/mol. The number of carbonyl (C=O) groups excluding carboxylic acids is 1. The third-order valence-corrected chi connectivity index (χ3v) is 6.10. The molecule has 32 heavy (non-hydrogen) atoms. The Morgan fingerprint density at radius 2 is 1.97 bits per heavy atom. The lowest BCUT2D eigenvalue weighted by Gasteiger charge is -2.47. The van der Waals surface area contributed by atoms with Crippen molar-refractivity contribution in [3.63, 3.8) is 0 Å². The molecule has 1 aliphatic heterocycles. The molecule has 0 aromatic heterocycles. The normalized spacial score (nSPS) is 17.2. The summed E-state index contributed by atoms with van der Waals surface area (Å²) < 4.78 is 10.6. The number of nitrogens with zero attached hydrogens (tertiary/aromatic N) is 2. The average molecular weight is 458 g/mol. The molecule has 3 rings (SSSR count). The fourth-order valence-corrected chi connectivity index (χ4v) is 4.50. The van der Waals surface area contributed by atoms with Gasteiger partial charge in [-0.15, -0.1) is 0 Å². The molecule has 2 aromatic rings. The minimum Gasteiger partial charge on any atom is -0.497 e. The molecule has 0 radical (unpaired) electrons. The van der Waals surface area contributed by atoms with Crippen LogP contribution in [-0.2, 0) is 4.79 Å². The van der Waals surface area contributed by atoms with E-state index >= 15 is 0 Å². The SMILES string of the molecule is CCCN1c2cc(Cl)c(/C=N/NC(=O)COc3ccc(OC)cc3)cc2C(C)CC1(C)C. The van der Waals surface area contributed by atoms with Crippen LogP contribution >= 0.6 is 11.6 Å². The Morgan fingerprint density at radius 3 is 2.62 bits per heavy atom. The van der Waals surface area contributed by atoms with E-state index in [1.54, 1.807) is 37.6 Å². The molecular weight excluding hydrogens is 426 g/mol. The van der Waals surface area contributed by atoms with Crippen molar-refractivity contribution < 1.29 is 14.3 Å². The van der Waals surface area contributed by atoms with Gasteiger partial charge in [0.15, 0.2) is 6.61 Å². The molecule has 1 N–H and O–H groups in total. The standard InChI is InChI=1S/C25H32ClN3O3/c1-6-11-29-23-13-22(26)18(12-21(23)17(2)14-25(29,3)4)15-27-28-24(30)16-32-20-9-7-19(31-5)8-10-20/h7-10,12-13,15,17H,6,11,14,16H2,1-5H3,(H,28,30)/b27-15+. The summed E-state index contributed by atoms with van der Waals surface area (Å²) in [7, 11) is 1.60. The first-order valence-electron chi connectivity index (χ1n) is 10.9. The highest BCUT2D eigenvalue weighted by molar-refractivity contribution is 6.33. The van der Waals surface area contributed by atoms with Crippen LogP contribution in [0.5, 0.6) is 11.5 Å². The zero-order chi connectivity index (χ0) is 23.3. The molecule has 0 bridgehead atoms. The largest absolute Gasteiger partial charge is 0.497 e. The summed E-state index contributed by atoms with van der Waals surface area (Å²) >= 11 is 6.58. The number of benzene rings is 2. The maximum Gasteiger partial charge on any atom is 0.277 e. The van der Waals surface area contributed by atoms with Crippen LogP contribution in [-0.4, -0.2) is 37.9 Å². The molecule has 1 amide bonds. The van der Waals surface area contributed by atoms with E-state index in [1.165, 1.54) is 11.3 Å². The topological polar surface area (TPSA) is 63.2 Å². The molecular formula is C25H32ClN3O3. The Labute approximate surface area is 195 Å². The molecule has 6 nitrogen and oxygen atoms in total. The van der Waals surface area contributed by atoms with Gasteiger partial charge in [0.1, 0.15) is 11.5 Å². The molecule has 0 saturated carbocycles. The van der Waals surface area contributed by atoms with Crippen molar-refractivity contribution in [2.24, 2.45) is 5.10 Å². The van der Waals surface area contributed by atoms with Crippen LogP contribution in [0, 0.1) is 0 Å². The lowest BCUT2D eigenvalue weighted by molar-refractivity contribution is -0.123. The third kappa shape index (κ3) is 5.54. The molecule has 0 fully saturated rings. The van der Waals surface area contributed by atoms with E-state index in [0.29, 0.717) is 16.7 Å². The van der Waals surface area contributed by atoms with Crippen LogP contribution < -0.4 is 19.8 Å². The van der Waals surface area contributed by atoms with Crippen molar-refractivity contribution in [2.75, 3.05) is 25.2 Å². The number of nitrogens with one attached hydrogen (secondary N) is 1. The summed E-state index contributed by atoms with van der Waals surface area (Å²) in [5.41, 5.74) is 5.81. The number of methoxy groups -OCH3 is 1. The summed E-state index contributed by atoms with van der Waals surface area (Å²) in [6.07, 6.45) is 3.73. The molecule has 0 spiro atoms. The van der Waals surface area contributed by atoms with Crippen LogP contribution in [0.1, 0.15) is 57.6 Å². The van der Waals surface area contributed by atoms with Crippen molar-refractivity contribution in [2.45, 2.75) is 52.0 Å².